The van der Waals surface area contributed by atoms with Crippen molar-refractivity contribution >= 4 is 5.97 Å². The van der Waals surface area contributed by atoms with E-state index >= 15 is 0 Å². The Balaban J connectivity index is 1.75. The standard InChI is InChI=1S/C23H36O3/c1-17(2)5-6-18(3)20-9-11-21(12-10-20)23(24)26-22-13-7-19(8-14-22)15-16-25-4/h7-8,13-14,17-18,20-21H,5-6,9-12,15-16H2,1-4H3. The highest BCUT2D eigenvalue weighted by Crippen LogP contribution is 2.36. The van der Waals surface area contributed by atoms with Crippen molar-refractivity contribution in [2.24, 2.45) is 23.7 Å². The molecule has 0 N–H and O–H groups in total. The van der Waals surface area contributed by atoms with Crippen LogP contribution in [0.4, 0.5) is 0 Å². The van der Waals surface area contributed by atoms with Gasteiger partial charge in [-0.05, 0) is 67.6 Å². The van der Waals surface area contributed by atoms with E-state index in [1.54, 1.807) is 7.11 Å². The van der Waals surface area contributed by atoms with Gasteiger partial charge in [-0.25, -0.2) is 0 Å². The van der Waals surface area contributed by atoms with Crippen LogP contribution in [-0.2, 0) is 16.0 Å². The molecule has 0 aromatic heterocycles. The molecule has 1 unspecified atom stereocenters. The molecule has 1 aliphatic rings. The van der Waals surface area contributed by atoms with Crippen LogP contribution in [0.25, 0.3) is 0 Å². The first-order valence-electron chi connectivity index (χ1n) is 10.3. The summed E-state index contributed by atoms with van der Waals surface area (Å²) in [6.45, 7) is 7.68. The lowest BCUT2D eigenvalue weighted by Crippen LogP contribution is -2.28. The molecule has 0 heterocycles. The lowest BCUT2D eigenvalue weighted by molar-refractivity contribution is -0.140. The Bertz CT molecular complexity index is 527. The minimum absolute atomic E-state index is 0.0528. The zero-order valence-electron chi connectivity index (χ0n) is 17.0. The highest BCUT2D eigenvalue weighted by atomic mass is 16.5. The SMILES string of the molecule is COCCc1ccc(OC(=O)C2CCC(C(C)CCC(C)C)CC2)cc1. The van der Waals surface area contributed by atoms with Gasteiger partial charge in [-0.2, -0.15) is 0 Å². The summed E-state index contributed by atoms with van der Waals surface area (Å²) in [5.41, 5.74) is 1.20. The topological polar surface area (TPSA) is 35.5 Å². The van der Waals surface area contributed by atoms with Crippen molar-refractivity contribution in [2.45, 2.75) is 65.7 Å². The van der Waals surface area contributed by atoms with Crippen molar-refractivity contribution in [3.63, 3.8) is 0 Å². The van der Waals surface area contributed by atoms with E-state index in [2.05, 4.69) is 20.8 Å². The first-order valence-corrected chi connectivity index (χ1v) is 10.3. The molecular formula is C23H36O3. The Morgan fingerprint density at radius 1 is 1.04 bits per heavy atom. The van der Waals surface area contributed by atoms with E-state index in [-0.39, 0.29) is 11.9 Å². The zero-order valence-corrected chi connectivity index (χ0v) is 17.0. The molecule has 0 radical (unpaired) electrons. The number of carbonyl (C=O) groups excluding carboxylic acids is 1. The summed E-state index contributed by atoms with van der Waals surface area (Å²) in [4.78, 5) is 12.5. The second-order valence-corrected chi connectivity index (χ2v) is 8.37. The number of rotatable bonds is 9. The van der Waals surface area contributed by atoms with Gasteiger partial charge in [-0.15, -0.1) is 0 Å². The lowest BCUT2D eigenvalue weighted by atomic mass is 9.74. The molecular weight excluding hydrogens is 324 g/mol. The summed E-state index contributed by atoms with van der Waals surface area (Å²) in [6.07, 6.45) is 7.77. The van der Waals surface area contributed by atoms with Gasteiger partial charge in [0, 0.05) is 7.11 Å². The molecule has 1 aliphatic carbocycles. The van der Waals surface area contributed by atoms with Crippen molar-refractivity contribution in [2.75, 3.05) is 13.7 Å². The van der Waals surface area contributed by atoms with Crippen molar-refractivity contribution in [1.82, 2.24) is 0 Å². The maximum atomic E-state index is 12.5. The van der Waals surface area contributed by atoms with Crippen molar-refractivity contribution < 1.29 is 14.3 Å². The summed E-state index contributed by atoms with van der Waals surface area (Å²) in [6, 6.07) is 7.80. The Labute approximate surface area is 159 Å². The van der Waals surface area contributed by atoms with Crippen LogP contribution in [0.2, 0.25) is 0 Å². The summed E-state index contributed by atoms with van der Waals surface area (Å²) in [5.74, 6) is 3.00. The minimum atomic E-state index is -0.0528. The lowest BCUT2D eigenvalue weighted by Gasteiger charge is -2.31. The Kier molecular flexibility index (Phi) is 8.64. The Hall–Kier alpha value is -1.35. The minimum Gasteiger partial charge on any atom is -0.426 e. The number of ether oxygens (including phenoxy) is 2. The molecule has 0 spiro atoms. The van der Waals surface area contributed by atoms with Crippen molar-refractivity contribution in [1.29, 1.82) is 0 Å². The third kappa shape index (κ3) is 6.75. The first kappa shape index (κ1) is 21.0. The highest BCUT2D eigenvalue weighted by molar-refractivity contribution is 5.75. The van der Waals surface area contributed by atoms with Crippen LogP contribution in [0, 0.1) is 23.7 Å². The number of benzene rings is 1. The smallest absolute Gasteiger partial charge is 0.314 e. The van der Waals surface area contributed by atoms with E-state index in [0.29, 0.717) is 12.4 Å². The van der Waals surface area contributed by atoms with Gasteiger partial charge in [0.15, 0.2) is 0 Å². The van der Waals surface area contributed by atoms with E-state index < -0.39 is 0 Å². The zero-order chi connectivity index (χ0) is 18.9. The summed E-state index contributed by atoms with van der Waals surface area (Å²) in [5, 5.41) is 0. The number of carbonyl (C=O) groups is 1. The largest absolute Gasteiger partial charge is 0.426 e. The molecule has 0 bridgehead atoms. The van der Waals surface area contributed by atoms with Crippen LogP contribution in [0.3, 0.4) is 0 Å². The fourth-order valence-electron chi connectivity index (χ4n) is 3.90. The van der Waals surface area contributed by atoms with Gasteiger partial charge in [-0.3, -0.25) is 4.79 Å². The molecule has 26 heavy (non-hydrogen) atoms. The third-order valence-electron chi connectivity index (χ3n) is 5.85. The van der Waals surface area contributed by atoms with Gasteiger partial charge in [-0.1, -0.05) is 45.7 Å². The Morgan fingerprint density at radius 3 is 2.27 bits per heavy atom. The highest BCUT2D eigenvalue weighted by Gasteiger charge is 2.30. The molecule has 3 heteroatoms. The molecule has 1 atom stereocenters. The molecule has 3 nitrogen and oxygen atoms in total. The molecule has 0 amide bonds. The Morgan fingerprint density at radius 2 is 1.69 bits per heavy atom. The fourth-order valence-corrected chi connectivity index (χ4v) is 3.90. The van der Waals surface area contributed by atoms with Crippen LogP contribution in [0.1, 0.15) is 64.9 Å². The molecule has 0 aliphatic heterocycles. The predicted octanol–water partition coefficient (Wildman–Crippen LogP) is 5.66. The number of methoxy groups -OCH3 is 1. The maximum absolute atomic E-state index is 12.5. The van der Waals surface area contributed by atoms with Gasteiger partial charge in [0.1, 0.15) is 5.75 Å². The molecule has 1 aromatic carbocycles. The van der Waals surface area contributed by atoms with Gasteiger partial charge in [0.25, 0.3) is 0 Å². The van der Waals surface area contributed by atoms with Crippen LogP contribution >= 0.6 is 0 Å². The van der Waals surface area contributed by atoms with Crippen LogP contribution < -0.4 is 4.74 Å². The molecule has 0 saturated heterocycles. The van der Waals surface area contributed by atoms with Gasteiger partial charge >= 0.3 is 5.97 Å². The molecule has 1 aromatic rings. The summed E-state index contributed by atoms with van der Waals surface area (Å²) >= 11 is 0. The van der Waals surface area contributed by atoms with E-state index in [0.717, 1.165) is 49.9 Å². The van der Waals surface area contributed by atoms with Crippen LogP contribution in [-0.4, -0.2) is 19.7 Å². The van der Waals surface area contributed by atoms with Gasteiger partial charge in [0.05, 0.1) is 12.5 Å². The number of hydrogen-bond donors (Lipinski definition) is 0. The quantitative estimate of drug-likeness (QED) is 0.421. The van der Waals surface area contributed by atoms with E-state index in [4.69, 9.17) is 9.47 Å². The average Bonchev–Trinajstić information content (AvgIpc) is 2.65. The van der Waals surface area contributed by atoms with E-state index in [1.165, 1.54) is 18.4 Å². The van der Waals surface area contributed by atoms with E-state index in [9.17, 15) is 4.79 Å². The van der Waals surface area contributed by atoms with Crippen LogP contribution in [0.5, 0.6) is 5.75 Å². The van der Waals surface area contributed by atoms with Gasteiger partial charge < -0.3 is 9.47 Å². The average molecular weight is 361 g/mol. The predicted molar refractivity (Wildman–Crippen MR) is 106 cm³/mol. The molecule has 146 valence electrons. The normalized spacial score (nSPS) is 21.6. The molecule has 2 rings (SSSR count). The van der Waals surface area contributed by atoms with Gasteiger partial charge in [0.2, 0.25) is 0 Å². The first-order chi connectivity index (χ1) is 12.5. The maximum Gasteiger partial charge on any atom is 0.314 e. The summed E-state index contributed by atoms with van der Waals surface area (Å²) < 4.78 is 10.7. The third-order valence-corrected chi connectivity index (χ3v) is 5.85. The number of hydrogen-bond acceptors (Lipinski definition) is 3. The van der Waals surface area contributed by atoms with Crippen molar-refractivity contribution in [3.8, 4) is 5.75 Å². The molecule has 1 saturated carbocycles. The number of esters is 1. The monoisotopic (exact) mass is 360 g/mol. The summed E-state index contributed by atoms with van der Waals surface area (Å²) in [7, 11) is 1.70. The fraction of sp³-hybridized carbons (Fsp3) is 0.696. The van der Waals surface area contributed by atoms with Crippen LogP contribution in [0.15, 0.2) is 24.3 Å². The second kappa shape index (κ2) is 10.7. The second-order valence-electron chi connectivity index (χ2n) is 8.37. The van der Waals surface area contributed by atoms with E-state index in [1.807, 2.05) is 24.3 Å². The molecule has 1 fully saturated rings. The van der Waals surface area contributed by atoms with Crippen molar-refractivity contribution in [3.05, 3.63) is 29.8 Å².